The van der Waals surface area contributed by atoms with Crippen molar-refractivity contribution >= 4 is 45.9 Å². The molecule has 10 rings (SSSR count). The average molecular weight is 924 g/mol. The summed E-state index contributed by atoms with van der Waals surface area (Å²) < 4.78 is 23.5. The number of aliphatic imine (C=N–C) groups is 1. The molecule has 1 aromatic heterocycles. The first-order valence-corrected chi connectivity index (χ1v) is 24.5. The van der Waals surface area contributed by atoms with Crippen LogP contribution in [0, 0.1) is 29.6 Å². The minimum Gasteiger partial charge on any atom is -0.469 e. The Morgan fingerprint density at radius 3 is 2.04 bits per heavy atom. The van der Waals surface area contributed by atoms with E-state index in [2.05, 4.69) is 35.3 Å². The third kappa shape index (κ3) is 8.27. The van der Waals surface area contributed by atoms with E-state index >= 15 is 0 Å². The summed E-state index contributed by atoms with van der Waals surface area (Å²) in [5, 5.41) is 0.430. The number of nitrogens with zero attached hydrogens (tertiary/aromatic N) is 4. The fourth-order valence-electron chi connectivity index (χ4n) is 11.4. The quantitative estimate of drug-likeness (QED) is 0.128. The van der Waals surface area contributed by atoms with Crippen LogP contribution in [0.3, 0.4) is 0 Å². The van der Waals surface area contributed by atoms with E-state index < -0.39 is 23.6 Å². The van der Waals surface area contributed by atoms with Gasteiger partial charge in [-0.25, -0.2) is 4.98 Å². The van der Waals surface area contributed by atoms with Crippen LogP contribution >= 0.6 is 0 Å². The topological polar surface area (TPSA) is 170 Å². The van der Waals surface area contributed by atoms with E-state index in [1.807, 2.05) is 68.0 Å². The van der Waals surface area contributed by atoms with Gasteiger partial charge in [-0.3, -0.25) is 29.0 Å². The Kier molecular flexibility index (Phi) is 12.0. The van der Waals surface area contributed by atoms with Gasteiger partial charge in [-0.05, 0) is 103 Å². The van der Waals surface area contributed by atoms with Crippen molar-refractivity contribution in [2.75, 3.05) is 20.8 Å². The number of rotatable bonds is 13. The Bertz CT molecular complexity index is 2800. The number of aromatic nitrogens is 2. The third-order valence-electron chi connectivity index (χ3n) is 15.5. The molecule has 14 nitrogen and oxygen atoms in total. The number of amides is 2. The highest BCUT2D eigenvalue weighted by atomic mass is 16.7. The number of allylic oxidation sites excluding steroid dienone is 1. The highest BCUT2D eigenvalue weighted by Gasteiger charge is 2.56. The van der Waals surface area contributed by atoms with Gasteiger partial charge in [-0.1, -0.05) is 58.0 Å². The number of hydrogen-bond acceptors (Lipinski definition) is 11. The molecule has 68 heavy (non-hydrogen) atoms. The number of nitrogens with one attached hydrogen (secondary N) is 1. The minimum atomic E-state index is -0.749. The van der Waals surface area contributed by atoms with Gasteiger partial charge in [0, 0.05) is 54.9 Å². The number of aromatic amines is 1. The van der Waals surface area contributed by atoms with Crippen LogP contribution in [0.25, 0.3) is 38.7 Å². The SMILES string of the molecule is COC(=O)C[C@H](C(=O)N1CCC[C@H]1C1=NC=C(c2ccc(-c3ccc(-c4ccc5nc([C@@H]6CC7CC7N6C(=O)[C@H](CC(=O)OC)C(C)C)[nH]c(=O)c5c4)c4c3OC3(CCCC3)O4)cc2)C1)C(C)C. The van der Waals surface area contributed by atoms with Crippen molar-refractivity contribution in [3.63, 3.8) is 0 Å². The van der Waals surface area contributed by atoms with Gasteiger partial charge in [-0.2, -0.15) is 0 Å². The van der Waals surface area contributed by atoms with Crippen molar-refractivity contribution in [1.29, 1.82) is 0 Å². The zero-order valence-electron chi connectivity index (χ0n) is 39.8. The number of ether oxygens (including phenoxy) is 4. The predicted molar refractivity (Wildman–Crippen MR) is 256 cm³/mol. The molecule has 1 N–H and O–H groups in total. The Hall–Kier alpha value is -6.31. The van der Waals surface area contributed by atoms with E-state index in [9.17, 15) is 24.0 Å². The first kappa shape index (κ1) is 45.5. The smallest absolute Gasteiger partial charge is 0.306 e. The van der Waals surface area contributed by atoms with Crippen molar-refractivity contribution in [3.05, 3.63) is 82.5 Å². The van der Waals surface area contributed by atoms with Gasteiger partial charge < -0.3 is 33.7 Å². The van der Waals surface area contributed by atoms with Gasteiger partial charge in [0.05, 0.1) is 61.9 Å². The number of likely N-dealkylation sites (tertiary alicyclic amines) is 2. The second kappa shape index (κ2) is 18.0. The molecule has 2 amide bonds. The van der Waals surface area contributed by atoms with Crippen LogP contribution in [0.1, 0.15) is 116 Å². The Morgan fingerprint density at radius 1 is 0.779 bits per heavy atom. The van der Waals surface area contributed by atoms with Gasteiger partial charge in [0.2, 0.25) is 11.8 Å². The average Bonchev–Trinajstić information content (AvgIpc) is 3.99. The molecule has 5 heterocycles. The number of hydrogen-bond donors (Lipinski definition) is 1. The first-order valence-electron chi connectivity index (χ1n) is 24.5. The predicted octanol–water partition coefficient (Wildman–Crippen LogP) is 8.81. The molecular formula is C54H61N5O9. The zero-order valence-corrected chi connectivity index (χ0v) is 39.8. The van der Waals surface area contributed by atoms with Gasteiger partial charge in [0.25, 0.3) is 11.3 Å². The number of H-pyrrole nitrogens is 1. The second-order valence-electron chi connectivity index (χ2n) is 20.4. The van der Waals surface area contributed by atoms with E-state index in [1.54, 1.807) is 0 Å². The number of esters is 2. The van der Waals surface area contributed by atoms with Gasteiger partial charge in [0.15, 0.2) is 11.5 Å². The standard InChI is InChI=1S/C54H61N5O9/c1-29(2)38(26-46(60)65-5)52(63)58-21-9-10-43(58)42-23-35(28-55-42)31-11-13-32(14-12-31)36-16-17-37(49-48(36)67-54(68-49)19-7-8-20-54)33-15-18-41-40(22-33)51(62)57-50(56-41)45-25-34-24-44(34)59(45)53(64)39(30(3)4)27-47(61)66-6/h11-18,22,28-30,34,38-39,43-45H,7-10,19-21,23-27H2,1-6H3,(H,56,57,62)/t34?,38-,39+,43-,44?,45-/m0/s1. The minimum absolute atomic E-state index is 0.00146. The maximum Gasteiger partial charge on any atom is 0.306 e. The van der Waals surface area contributed by atoms with Crippen LogP contribution in [0.2, 0.25) is 0 Å². The lowest BCUT2D eigenvalue weighted by Crippen LogP contribution is -2.45. The van der Waals surface area contributed by atoms with Crippen molar-refractivity contribution < 1.29 is 38.1 Å². The number of methoxy groups -OCH3 is 2. The van der Waals surface area contributed by atoms with Gasteiger partial charge in [0.1, 0.15) is 5.82 Å². The summed E-state index contributed by atoms with van der Waals surface area (Å²) in [7, 11) is 2.70. The number of carbonyl (C=O) groups is 4. The number of piperidine rings is 1. The van der Waals surface area contributed by atoms with Gasteiger partial charge in [-0.15, -0.1) is 0 Å². The van der Waals surface area contributed by atoms with Crippen LogP contribution < -0.4 is 15.0 Å². The van der Waals surface area contributed by atoms with Crippen molar-refractivity contribution in [2.24, 2.45) is 34.6 Å². The normalized spacial score (nSPS) is 23.0. The molecule has 2 saturated carbocycles. The fourth-order valence-corrected chi connectivity index (χ4v) is 11.4. The van der Waals surface area contributed by atoms with E-state index in [0.717, 1.165) is 84.0 Å². The third-order valence-corrected chi connectivity index (χ3v) is 15.5. The summed E-state index contributed by atoms with van der Waals surface area (Å²) >= 11 is 0. The van der Waals surface area contributed by atoms with Gasteiger partial charge >= 0.3 is 11.9 Å². The maximum atomic E-state index is 14.1. The molecule has 0 radical (unpaired) electrons. The Balaban J connectivity index is 0.888. The largest absolute Gasteiger partial charge is 0.469 e. The van der Waals surface area contributed by atoms with E-state index in [1.165, 1.54) is 14.2 Å². The van der Waals surface area contributed by atoms with Crippen molar-refractivity contribution in [2.45, 2.75) is 122 Å². The molecule has 356 valence electrons. The maximum absolute atomic E-state index is 14.1. The molecular weight excluding hydrogens is 863 g/mol. The number of carbonyl (C=O) groups excluding carboxylic acids is 4. The van der Waals surface area contributed by atoms with Crippen molar-refractivity contribution in [1.82, 2.24) is 19.8 Å². The fraction of sp³-hybridized carbons (Fsp3) is 0.500. The van der Waals surface area contributed by atoms with Crippen LogP contribution in [-0.2, 0) is 28.7 Å². The number of benzene rings is 3. The molecule has 6 atom stereocenters. The van der Waals surface area contributed by atoms with E-state index in [-0.39, 0.29) is 66.1 Å². The zero-order chi connectivity index (χ0) is 47.6. The number of fused-ring (bicyclic) bond motifs is 3. The van der Waals surface area contributed by atoms with E-state index in [0.29, 0.717) is 53.5 Å². The van der Waals surface area contributed by atoms with Crippen LogP contribution in [0.5, 0.6) is 11.5 Å². The molecule has 4 fully saturated rings. The Labute approximate surface area is 396 Å². The molecule has 4 aromatic rings. The van der Waals surface area contributed by atoms with Crippen molar-refractivity contribution in [3.8, 4) is 33.8 Å². The van der Waals surface area contributed by atoms with Crippen LogP contribution in [-0.4, -0.2) is 87.9 Å². The Morgan fingerprint density at radius 2 is 1.40 bits per heavy atom. The lowest BCUT2D eigenvalue weighted by atomic mass is 9.90. The molecule has 2 aliphatic carbocycles. The van der Waals surface area contributed by atoms with Crippen LogP contribution in [0.4, 0.5) is 0 Å². The summed E-state index contributed by atoms with van der Waals surface area (Å²) in [5.74, 6) is -0.535. The summed E-state index contributed by atoms with van der Waals surface area (Å²) in [6, 6.07) is 17.8. The summed E-state index contributed by atoms with van der Waals surface area (Å²) in [6.45, 7) is 8.48. The first-order chi connectivity index (χ1) is 32.8. The molecule has 14 heteroatoms. The molecule has 3 aromatic carbocycles. The molecule has 2 saturated heterocycles. The lowest BCUT2D eigenvalue weighted by Gasteiger charge is -2.32. The molecule has 4 aliphatic heterocycles. The summed E-state index contributed by atoms with van der Waals surface area (Å²) in [4.78, 5) is 83.0. The lowest BCUT2D eigenvalue weighted by molar-refractivity contribution is -0.149. The molecule has 2 unspecified atom stereocenters. The summed E-state index contributed by atoms with van der Waals surface area (Å²) in [5.41, 5.74) is 6.85. The van der Waals surface area contributed by atoms with Crippen LogP contribution in [0.15, 0.2) is 70.6 Å². The molecule has 1 spiro atoms. The molecule has 6 aliphatic rings. The summed E-state index contributed by atoms with van der Waals surface area (Å²) in [6.07, 6.45) is 9.54. The highest BCUT2D eigenvalue weighted by molar-refractivity contribution is 6.03. The monoisotopic (exact) mass is 923 g/mol. The second-order valence-corrected chi connectivity index (χ2v) is 20.4. The van der Waals surface area contributed by atoms with E-state index in [4.69, 9.17) is 28.9 Å². The molecule has 0 bridgehead atoms. The highest BCUT2D eigenvalue weighted by Crippen LogP contribution is 2.56.